The van der Waals surface area contributed by atoms with Gasteiger partial charge >= 0.3 is 0 Å². The van der Waals surface area contributed by atoms with Crippen LogP contribution < -0.4 is 5.32 Å². The molecule has 0 aromatic carbocycles. The van der Waals surface area contributed by atoms with Crippen molar-refractivity contribution in [3.05, 3.63) is 36.5 Å². The number of nitrogens with one attached hydrogen (secondary N) is 1. The number of unbranched alkanes of at least 4 members (excludes halogenated alkanes) is 47. The summed E-state index contributed by atoms with van der Waals surface area (Å²) in [6.07, 6.45) is 69.5. The monoisotopic (exact) mass is 1200 g/mol. The first-order valence-electron chi connectivity index (χ1n) is 36.9. The lowest BCUT2D eigenvalue weighted by molar-refractivity contribution is -0.303. The minimum Gasteiger partial charge on any atom is -0.394 e. The normalized spacial score (nSPS) is 19.0. The summed E-state index contributed by atoms with van der Waals surface area (Å²) in [5.41, 5.74) is 0. The predicted molar refractivity (Wildman–Crippen MR) is 358 cm³/mol. The summed E-state index contributed by atoms with van der Waals surface area (Å²) in [7, 11) is 0. The second-order valence-electron chi connectivity index (χ2n) is 26.0. The molecule has 0 aliphatic carbocycles. The Kier molecular flexibility index (Phi) is 59.8. The lowest BCUT2D eigenvalue weighted by Crippen LogP contribution is -2.60. The number of ether oxygens (including phenoxy) is 2. The molecule has 0 radical (unpaired) electrons. The molecule has 1 heterocycles. The fraction of sp³-hybridized carbons (Fsp3) is 0.905. The number of carbonyl (C=O) groups excluding carboxylic acids is 1. The van der Waals surface area contributed by atoms with E-state index in [-0.39, 0.29) is 12.8 Å². The van der Waals surface area contributed by atoms with Crippen molar-refractivity contribution in [1.82, 2.24) is 5.32 Å². The number of carbonyl (C=O) groups is 1. The van der Waals surface area contributed by atoms with Gasteiger partial charge in [-0.2, -0.15) is 0 Å². The van der Waals surface area contributed by atoms with Crippen molar-refractivity contribution in [2.75, 3.05) is 13.2 Å². The van der Waals surface area contributed by atoms with Crippen LogP contribution in [0, 0.1) is 0 Å². The van der Waals surface area contributed by atoms with Crippen LogP contribution in [-0.4, -0.2) is 110 Å². The van der Waals surface area contributed by atoms with E-state index in [9.17, 15) is 40.5 Å². The number of rotatable bonds is 65. The van der Waals surface area contributed by atoms with Gasteiger partial charge in [-0.1, -0.05) is 326 Å². The third-order valence-electron chi connectivity index (χ3n) is 17.9. The molecule has 1 saturated heterocycles. The zero-order chi connectivity index (χ0) is 61.7. The second-order valence-corrected chi connectivity index (χ2v) is 26.0. The van der Waals surface area contributed by atoms with Gasteiger partial charge in [0.25, 0.3) is 0 Å². The van der Waals surface area contributed by atoms with E-state index in [0.29, 0.717) is 12.8 Å². The summed E-state index contributed by atoms with van der Waals surface area (Å²) in [5.74, 6) is -0.702. The zero-order valence-electron chi connectivity index (χ0n) is 55.6. The third-order valence-corrected chi connectivity index (χ3v) is 17.9. The van der Waals surface area contributed by atoms with E-state index in [0.717, 1.165) is 44.9 Å². The molecule has 1 aliphatic rings. The highest BCUT2D eigenvalue weighted by molar-refractivity contribution is 5.80. The number of hydrogen-bond donors (Lipinski definition) is 8. The lowest BCUT2D eigenvalue weighted by Gasteiger charge is -2.40. The van der Waals surface area contributed by atoms with Gasteiger partial charge in [-0.05, 0) is 70.6 Å². The van der Waals surface area contributed by atoms with E-state index in [2.05, 4.69) is 55.6 Å². The number of aliphatic hydroxyl groups excluding tert-OH is 7. The fourth-order valence-electron chi connectivity index (χ4n) is 12.0. The average molecular weight is 1200 g/mol. The molecule has 0 bridgehead atoms. The van der Waals surface area contributed by atoms with Crippen LogP contribution in [0.4, 0.5) is 0 Å². The minimum atomic E-state index is -1.67. The van der Waals surface area contributed by atoms with Crippen molar-refractivity contribution in [3.63, 3.8) is 0 Å². The molecule has 11 heteroatoms. The fourth-order valence-corrected chi connectivity index (χ4v) is 12.0. The SMILES string of the molecule is CCCCCCCCCCC/C=C\C/C=C\CCCCCCCCCCCCCCC(O)C(=O)NC(COC1OC(CO)C(O)C(O)C1O)C(O)C(O)CCC/C=C/CCCCCCCCCCCCCCCCCCCCCCCCCCC. The van der Waals surface area contributed by atoms with Gasteiger partial charge in [0.15, 0.2) is 6.29 Å². The van der Waals surface area contributed by atoms with Crippen LogP contribution in [0.2, 0.25) is 0 Å². The molecule has 1 fully saturated rings. The molecule has 1 amide bonds. The Morgan fingerprint density at radius 1 is 0.412 bits per heavy atom. The molecule has 502 valence electrons. The summed E-state index contributed by atoms with van der Waals surface area (Å²) in [6, 6.07) is -1.19. The standard InChI is InChI=1S/C74H141NO10/c1-3-5-7-9-11-13-15-17-19-21-23-25-27-29-31-33-34-36-37-39-41-43-45-47-49-51-53-55-57-59-61-66(77)69(79)65(64-84-74-72(82)71(81)70(80)68(63-76)85-74)75-73(83)67(78)62-60-58-56-54-52-50-48-46-44-42-40-38-35-32-30-28-26-24-22-20-18-16-14-12-10-8-6-4-2/h24,26,30,32,53,55,65-72,74,76-82H,3-23,25,27-29,31,33-52,54,56-64H2,1-2H3,(H,75,83)/b26-24-,32-30-,55-53+. The highest BCUT2D eigenvalue weighted by Crippen LogP contribution is 2.24. The van der Waals surface area contributed by atoms with Crippen LogP contribution in [0.25, 0.3) is 0 Å². The predicted octanol–water partition coefficient (Wildman–Crippen LogP) is 18.1. The molecule has 0 aromatic heterocycles. The van der Waals surface area contributed by atoms with Crippen LogP contribution >= 0.6 is 0 Å². The lowest BCUT2D eigenvalue weighted by atomic mass is 9.98. The average Bonchev–Trinajstić information content (AvgIpc) is 3.70. The molecule has 85 heavy (non-hydrogen) atoms. The van der Waals surface area contributed by atoms with E-state index >= 15 is 0 Å². The Morgan fingerprint density at radius 2 is 0.729 bits per heavy atom. The quantitative estimate of drug-likeness (QED) is 0.0215. The van der Waals surface area contributed by atoms with E-state index in [1.54, 1.807) is 0 Å². The van der Waals surface area contributed by atoms with Gasteiger partial charge in [0.2, 0.25) is 5.91 Å². The van der Waals surface area contributed by atoms with Crippen LogP contribution in [0.15, 0.2) is 36.5 Å². The molecule has 0 spiro atoms. The first kappa shape index (κ1) is 81.3. The van der Waals surface area contributed by atoms with Gasteiger partial charge < -0.3 is 50.5 Å². The smallest absolute Gasteiger partial charge is 0.249 e. The molecule has 11 nitrogen and oxygen atoms in total. The van der Waals surface area contributed by atoms with Crippen molar-refractivity contribution in [1.29, 1.82) is 0 Å². The van der Waals surface area contributed by atoms with Gasteiger partial charge in [-0.3, -0.25) is 4.79 Å². The van der Waals surface area contributed by atoms with Gasteiger partial charge in [0, 0.05) is 0 Å². The largest absolute Gasteiger partial charge is 0.394 e. The molecular formula is C74H141NO10. The number of allylic oxidation sites excluding steroid dienone is 6. The van der Waals surface area contributed by atoms with Gasteiger partial charge in [0.1, 0.15) is 36.6 Å². The Labute approximate surface area is 524 Å². The Balaban J connectivity index is 2.20. The first-order chi connectivity index (χ1) is 41.7. The zero-order valence-corrected chi connectivity index (χ0v) is 55.6. The van der Waals surface area contributed by atoms with E-state index in [1.165, 1.54) is 276 Å². The Morgan fingerprint density at radius 3 is 1.08 bits per heavy atom. The van der Waals surface area contributed by atoms with E-state index in [1.807, 2.05) is 0 Å². The van der Waals surface area contributed by atoms with Crippen molar-refractivity contribution < 1.29 is 50.0 Å². The minimum absolute atomic E-state index is 0.253. The Hall–Kier alpha value is -1.67. The van der Waals surface area contributed by atoms with Gasteiger partial charge in [-0.15, -0.1) is 0 Å². The molecule has 9 atom stereocenters. The van der Waals surface area contributed by atoms with E-state index in [4.69, 9.17) is 9.47 Å². The van der Waals surface area contributed by atoms with Crippen LogP contribution in [0.3, 0.4) is 0 Å². The number of aliphatic hydroxyl groups is 7. The summed E-state index contributed by atoms with van der Waals surface area (Å²) < 4.78 is 11.2. The van der Waals surface area contributed by atoms with Crippen LogP contribution in [-0.2, 0) is 14.3 Å². The van der Waals surface area contributed by atoms with Gasteiger partial charge in [-0.25, -0.2) is 0 Å². The molecule has 1 rings (SSSR count). The summed E-state index contributed by atoms with van der Waals surface area (Å²) in [5, 5.41) is 76.6. The number of amides is 1. The third kappa shape index (κ3) is 49.8. The van der Waals surface area contributed by atoms with Crippen molar-refractivity contribution in [2.45, 2.75) is 416 Å². The molecule has 8 N–H and O–H groups in total. The van der Waals surface area contributed by atoms with Crippen molar-refractivity contribution in [2.24, 2.45) is 0 Å². The number of hydrogen-bond acceptors (Lipinski definition) is 10. The summed E-state index contributed by atoms with van der Waals surface area (Å²) >= 11 is 0. The maximum absolute atomic E-state index is 13.3. The second kappa shape index (κ2) is 62.5. The van der Waals surface area contributed by atoms with Crippen LogP contribution in [0.1, 0.15) is 361 Å². The Bertz CT molecular complexity index is 1480. The van der Waals surface area contributed by atoms with Crippen molar-refractivity contribution >= 4 is 5.91 Å². The van der Waals surface area contributed by atoms with Gasteiger partial charge in [0.05, 0.1) is 25.4 Å². The van der Waals surface area contributed by atoms with E-state index < -0.39 is 74.2 Å². The maximum Gasteiger partial charge on any atom is 0.249 e. The summed E-state index contributed by atoms with van der Waals surface area (Å²) in [6.45, 7) is 3.50. The van der Waals surface area contributed by atoms with Crippen LogP contribution in [0.5, 0.6) is 0 Å². The highest BCUT2D eigenvalue weighted by atomic mass is 16.7. The maximum atomic E-state index is 13.3. The molecule has 0 aromatic rings. The molecule has 0 saturated carbocycles. The molecule has 1 aliphatic heterocycles. The molecule has 9 unspecified atom stereocenters. The summed E-state index contributed by atoms with van der Waals surface area (Å²) in [4.78, 5) is 13.3. The first-order valence-corrected chi connectivity index (χ1v) is 36.9. The van der Waals surface area contributed by atoms with Crippen molar-refractivity contribution in [3.8, 4) is 0 Å². The highest BCUT2D eigenvalue weighted by Gasteiger charge is 2.44. The topological polar surface area (TPSA) is 189 Å². The molecular weight excluding hydrogens is 1060 g/mol.